The summed E-state index contributed by atoms with van der Waals surface area (Å²) in [6.45, 7) is 0. The van der Waals surface area contributed by atoms with Gasteiger partial charge in [-0.15, -0.1) is 0 Å². The molecule has 0 atom stereocenters. The molecule has 0 amide bonds. The van der Waals surface area contributed by atoms with Gasteiger partial charge in [-0.25, -0.2) is 0 Å². The Morgan fingerprint density at radius 2 is 1.74 bits per heavy atom. The third-order valence-corrected chi connectivity index (χ3v) is 4.36. The topological polar surface area (TPSA) is 0 Å². The molecule has 3 aromatic rings. The second-order valence-corrected chi connectivity index (χ2v) is 5.38. The third kappa shape index (κ3) is 1.09. The van der Waals surface area contributed by atoms with E-state index in [2.05, 4.69) is 60.7 Å². The Kier molecular flexibility index (Phi) is 1.59. The number of rotatable bonds is 0. The third-order valence-electron chi connectivity index (χ3n) is 4.36. The highest BCUT2D eigenvalue weighted by atomic mass is 14.2. The Bertz CT molecular complexity index is 1020. The van der Waals surface area contributed by atoms with Crippen LogP contribution in [0.15, 0.2) is 48.5 Å². The summed E-state index contributed by atoms with van der Waals surface area (Å²) in [7, 11) is 0. The summed E-state index contributed by atoms with van der Waals surface area (Å²) >= 11 is 0. The normalized spacial score (nSPS) is 15.3. The highest BCUT2D eigenvalue weighted by Crippen LogP contribution is 2.31. The molecule has 0 spiro atoms. The predicted molar refractivity (Wildman–Crippen MR) is 82.2 cm³/mol. The van der Waals surface area contributed by atoms with Crippen molar-refractivity contribution in [3.05, 3.63) is 64.5 Å². The van der Waals surface area contributed by atoms with Crippen molar-refractivity contribution in [1.82, 2.24) is 0 Å². The van der Waals surface area contributed by atoms with Gasteiger partial charge in [0.1, 0.15) is 0 Å². The summed E-state index contributed by atoms with van der Waals surface area (Å²) in [4.78, 5) is 0. The van der Waals surface area contributed by atoms with Gasteiger partial charge in [0.15, 0.2) is 0 Å². The molecule has 0 bridgehead atoms. The molecule has 0 unspecified atom stereocenters. The van der Waals surface area contributed by atoms with Gasteiger partial charge in [0, 0.05) is 0 Å². The van der Waals surface area contributed by atoms with E-state index in [0.717, 1.165) is 6.42 Å². The maximum atomic E-state index is 2.35. The zero-order valence-electron chi connectivity index (χ0n) is 10.5. The summed E-state index contributed by atoms with van der Waals surface area (Å²) in [6.07, 6.45) is 8.07. The molecule has 0 saturated carbocycles. The van der Waals surface area contributed by atoms with Crippen molar-refractivity contribution in [2.75, 3.05) is 0 Å². The summed E-state index contributed by atoms with van der Waals surface area (Å²) < 4.78 is 0. The summed E-state index contributed by atoms with van der Waals surface area (Å²) in [5, 5.41) is 8.32. The van der Waals surface area contributed by atoms with Gasteiger partial charge in [-0.3, -0.25) is 0 Å². The second-order valence-electron chi connectivity index (χ2n) is 5.38. The van der Waals surface area contributed by atoms with Gasteiger partial charge in [-0.05, 0) is 61.7 Å². The summed E-state index contributed by atoms with van der Waals surface area (Å²) in [6, 6.07) is 15.6. The molecule has 88 valence electrons. The SMILES string of the molecule is C1=C2C=c3cc4ccccc4c4ccc(c2c34)=CC1. The van der Waals surface area contributed by atoms with E-state index in [1.165, 1.54) is 43.1 Å². The van der Waals surface area contributed by atoms with Crippen LogP contribution in [0.2, 0.25) is 0 Å². The van der Waals surface area contributed by atoms with E-state index >= 15 is 0 Å². The minimum absolute atomic E-state index is 1.05. The van der Waals surface area contributed by atoms with Crippen molar-refractivity contribution in [1.29, 1.82) is 0 Å². The first-order valence-corrected chi connectivity index (χ1v) is 6.79. The fourth-order valence-electron chi connectivity index (χ4n) is 3.56. The molecule has 0 saturated heterocycles. The van der Waals surface area contributed by atoms with Crippen LogP contribution in [-0.4, -0.2) is 0 Å². The number of hydrogen-bond acceptors (Lipinski definition) is 0. The molecule has 0 heteroatoms. The lowest BCUT2D eigenvalue weighted by Gasteiger charge is -2.09. The van der Waals surface area contributed by atoms with E-state index in [-0.39, 0.29) is 0 Å². The Morgan fingerprint density at radius 3 is 2.74 bits per heavy atom. The molecule has 2 aliphatic carbocycles. The molecule has 0 radical (unpaired) electrons. The maximum Gasteiger partial charge on any atom is -0.00204 e. The molecule has 5 rings (SSSR count). The van der Waals surface area contributed by atoms with E-state index < -0.39 is 0 Å². The van der Waals surface area contributed by atoms with Crippen molar-refractivity contribution >= 4 is 39.3 Å². The predicted octanol–water partition coefficient (Wildman–Crippen LogP) is 3.35. The number of hydrogen-bond donors (Lipinski definition) is 0. The standard InChI is InChI=1S/C19H12/c1-2-7-16-13(4-1)10-15-11-14-6-3-5-12-8-9-17(16)19(15)18(12)14/h1-2,4-11H,3H2. The van der Waals surface area contributed by atoms with Crippen molar-refractivity contribution in [3.63, 3.8) is 0 Å². The second kappa shape index (κ2) is 3.16. The van der Waals surface area contributed by atoms with Crippen LogP contribution in [0.4, 0.5) is 0 Å². The molecule has 0 heterocycles. The number of benzene rings is 3. The lowest BCUT2D eigenvalue weighted by atomic mass is 9.94. The van der Waals surface area contributed by atoms with Crippen molar-refractivity contribution in [2.24, 2.45) is 0 Å². The molecule has 0 aromatic heterocycles. The van der Waals surface area contributed by atoms with Gasteiger partial charge < -0.3 is 0 Å². The lowest BCUT2D eigenvalue weighted by molar-refractivity contribution is 1.42. The first kappa shape index (κ1) is 9.57. The summed E-state index contributed by atoms with van der Waals surface area (Å²) in [5.41, 5.74) is 2.86. The minimum atomic E-state index is 1.05. The van der Waals surface area contributed by atoms with Gasteiger partial charge in [0.25, 0.3) is 0 Å². The fourth-order valence-corrected chi connectivity index (χ4v) is 3.56. The Balaban J connectivity index is 2.20. The average molecular weight is 240 g/mol. The van der Waals surface area contributed by atoms with Crippen LogP contribution in [0.1, 0.15) is 12.0 Å². The minimum Gasteiger partial charge on any atom is -0.0728 e. The van der Waals surface area contributed by atoms with E-state index in [9.17, 15) is 0 Å². The molecule has 3 aromatic carbocycles. The van der Waals surface area contributed by atoms with Crippen LogP contribution in [0, 0.1) is 0 Å². The zero-order valence-corrected chi connectivity index (χ0v) is 10.5. The monoisotopic (exact) mass is 240 g/mol. The van der Waals surface area contributed by atoms with Crippen LogP contribution in [0.25, 0.3) is 39.3 Å². The van der Waals surface area contributed by atoms with Gasteiger partial charge in [0.2, 0.25) is 0 Å². The molecular formula is C19H12. The van der Waals surface area contributed by atoms with Crippen LogP contribution >= 0.6 is 0 Å². The van der Waals surface area contributed by atoms with E-state index in [0.29, 0.717) is 0 Å². The molecule has 0 aliphatic heterocycles. The highest BCUT2D eigenvalue weighted by molar-refractivity contribution is 6.17. The van der Waals surface area contributed by atoms with Crippen LogP contribution < -0.4 is 10.4 Å². The maximum absolute atomic E-state index is 2.35. The van der Waals surface area contributed by atoms with E-state index in [1.807, 2.05) is 0 Å². The van der Waals surface area contributed by atoms with Crippen LogP contribution in [0.5, 0.6) is 0 Å². The average Bonchev–Trinajstić information content (AvgIpc) is 2.83. The summed E-state index contributed by atoms with van der Waals surface area (Å²) in [5.74, 6) is 0. The molecule has 19 heavy (non-hydrogen) atoms. The van der Waals surface area contributed by atoms with Gasteiger partial charge in [0.05, 0.1) is 0 Å². The largest absolute Gasteiger partial charge is 0.0728 e. The van der Waals surface area contributed by atoms with Crippen LogP contribution in [-0.2, 0) is 0 Å². The lowest BCUT2D eigenvalue weighted by Crippen LogP contribution is -2.10. The van der Waals surface area contributed by atoms with Gasteiger partial charge in [-0.1, -0.05) is 48.6 Å². The smallest absolute Gasteiger partial charge is 0.00204 e. The highest BCUT2D eigenvalue weighted by Gasteiger charge is 2.17. The Labute approximate surface area is 111 Å². The van der Waals surface area contributed by atoms with E-state index in [4.69, 9.17) is 0 Å². The number of allylic oxidation sites excluding steroid dienone is 2. The van der Waals surface area contributed by atoms with Crippen molar-refractivity contribution in [2.45, 2.75) is 6.42 Å². The van der Waals surface area contributed by atoms with Crippen LogP contribution in [0.3, 0.4) is 0 Å². The molecule has 0 N–H and O–H groups in total. The molecule has 0 nitrogen and oxygen atoms in total. The first-order valence-electron chi connectivity index (χ1n) is 6.79. The molecule has 2 aliphatic rings. The zero-order chi connectivity index (χ0) is 12.4. The number of fused-ring (bicyclic) bond motifs is 2. The fraction of sp³-hybridized carbons (Fsp3) is 0.0526. The van der Waals surface area contributed by atoms with Gasteiger partial charge >= 0.3 is 0 Å². The van der Waals surface area contributed by atoms with E-state index in [1.54, 1.807) is 0 Å². The Morgan fingerprint density at radius 1 is 0.789 bits per heavy atom. The van der Waals surface area contributed by atoms with Crippen molar-refractivity contribution < 1.29 is 0 Å². The van der Waals surface area contributed by atoms with Crippen molar-refractivity contribution in [3.8, 4) is 0 Å². The first-order chi connectivity index (χ1) is 9.42. The molecule has 0 fully saturated rings. The Hall–Kier alpha value is -2.34. The molecular weight excluding hydrogens is 228 g/mol. The van der Waals surface area contributed by atoms with Gasteiger partial charge in [-0.2, -0.15) is 0 Å². The quantitative estimate of drug-likeness (QED) is 0.529.